The van der Waals surface area contributed by atoms with Gasteiger partial charge in [0.05, 0.1) is 23.3 Å². The lowest BCUT2D eigenvalue weighted by molar-refractivity contribution is 0.234. The largest absolute Gasteiger partial charge is 0.469 e. The fourth-order valence-corrected chi connectivity index (χ4v) is 3.61. The number of nitrogens with one attached hydrogen (secondary N) is 2. The first kappa shape index (κ1) is 15.7. The predicted molar refractivity (Wildman–Crippen MR) is 95.4 cm³/mol. The second-order valence-corrected chi connectivity index (χ2v) is 6.44. The number of benzene rings is 1. The van der Waals surface area contributed by atoms with Gasteiger partial charge >= 0.3 is 6.03 Å². The van der Waals surface area contributed by atoms with Crippen LogP contribution in [0.4, 0.5) is 4.79 Å². The molecule has 6 heteroatoms. The first-order valence-electron chi connectivity index (χ1n) is 8.75. The molecule has 1 aliphatic carbocycles. The number of fused-ring (bicyclic) bond motifs is 2. The molecule has 2 heterocycles. The average molecular weight is 338 g/mol. The SMILES string of the molecule is Cc1nc2ccccc2n1CCNC(=O)NC1CCCc2occc21. The van der Waals surface area contributed by atoms with E-state index in [1.165, 1.54) is 0 Å². The number of furan rings is 1. The van der Waals surface area contributed by atoms with Gasteiger partial charge in [-0.2, -0.15) is 0 Å². The summed E-state index contributed by atoms with van der Waals surface area (Å²) in [7, 11) is 0. The third kappa shape index (κ3) is 3.12. The van der Waals surface area contributed by atoms with Crippen LogP contribution in [0.25, 0.3) is 11.0 Å². The monoisotopic (exact) mass is 338 g/mol. The van der Waals surface area contributed by atoms with Gasteiger partial charge in [-0.05, 0) is 38.0 Å². The molecular weight excluding hydrogens is 316 g/mol. The molecule has 1 aliphatic rings. The van der Waals surface area contributed by atoms with Gasteiger partial charge in [0.2, 0.25) is 0 Å². The molecule has 1 atom stereocenters. The summed E-state index contributed by atoms with van der Waals surface area (Å²) in [5.74, 6) is 1.95. The summed E-state index contributed by atoms with van der Waals surface area (Å²) in [6, 6.07) is 9.91. The fraction of sp³-hybridized carbons (Fsp3) is 0.368. The summed E-state index contributed by atoms with van der Waals surface area (Å²) in [4.78, 5) is 16.8. The Bertz CT molecular complexity index is 896. The lowest BCUT2D eigenvalue weighted by Gasteiger charge is -2.23. The summed E-state index contributed by atoms with van der Waals surface area (Å²) in [5.41, 5.74) is 3.19. The maximum absolute atomic E-state index is 12.2. The molecule has 0 saturated heterocycles. The van der Waals surface area contributed by atoms with Gasteiger partial charge < -0.3 is 19.6 Å². The number of rotatable bonds is 4. The Morgan fingerprint density at radius 2 is 2.24 bits per heavy atom. The number of urea groups is 1. The van der Waals surface area contributed by atoms with E-state index >= 15 is 0 Å². The molecule has 0 bridgehead atoms. The molecule has 1 aromatic carbocycles. The molecule has 2 N–H and O–H groups in total. The summed E-state index contributed by atoms with van der Waals surface area (Å²) in [5, 5.41) is 6.01. The zero-order chi connectivity index (χ0) is 17.2. The number of amides is 2. The van der Waals surface area contributed by atoms with E-state index in [2.05, 4.69) is 26.3 Å². The predicted octanol–water partition coefficient (Wildman–Crippen LogP) is 3.31. The zero-order valence-corrected chi connectivity index (χ0v) is 14.3. The summed E-state index contributed by atoms with van der Waals surface area (Å²) < 4.78 is 7.60. The van der Waals surface area contributed by atoms with Crippen LogP contribution >= 0.6 is 0 Å². The lowest BCUT2D eigenvalue weighted by atomic mass is 9.93. The van der Waals surface area contributed by atoms with Crippen molar-refractivity contribution in [3.05, 3.63) is 53.7 Å². The molecule has 2 amide bonds. The van der Waals surface area contributed by atoms with Crippen molar-refractivity contribution in [2.45, 2.75) is 38.8 Å². The van der Waals surface area contributed by atoms with E-state index in [0.29, 0.717) is 13.1 Å². The highest BCUT2D eigenvalue weighted by atomic mass is 16.3. The van der Waals surface area contributed by atoms with Crippen molar-refractivity contribution in [1.82, 2.24) is 20.2 Å². The molecule has 3 aromatic rings. The molecule has 1 unspecified atom stereocenters. The molecule has 0 fully saturated rings. The molecule has 130 valence electrons. The molecule has 0 aliphatic heterocycles. The minimum Gasteiger partial charge on any atom is -0.469 e. The van der Waals surface area contributed by atoms with E-state index < -0.39 is 0 Å². The number of aryl methyl sites for hydroxylation is 2. The van der Waals surface area contributed by atoms with E-state index in [1.54, 1.807) is 6.26 Å². The van der Waals surface area contributed by atoms with Crippen LogP contribution < -0.4 is 10.6 Å². The van der Waals surface area contributed by atoms with Gasteiger partial charge in [-0.15, -0.1) is 0 Å². The van der Waals surface area contributed by atoms with E-state index in [0.717, 1.165) is 47.4 Å². The maximum atomic E-state index is 12.2. The normalized spacial score (nSPS) is 16.6. The second kappa shape index (κ2) is 6.63. The standard InChI is InChI=1S/C19H22N4O2/c1-13-21-16-5-2-3-7-17(16)23(13)11-10-20-19(24)22-15-6-4-8-18-14(15)9-12-25-18/h2-3,5,7,9,12,15H,4,6,8,10-11H2,1H3,(H2,20,22,24). The van der Waals surface area contributed by atoms with Gasteiger partial charge in [-0.1, -0.05) is 12.1 Å². The second-order valence-electron chi connectivity index (χ2n) is 6.44. The van der Waals surface area contributed by atoms with Crippen molar-refractivity contribution in [1.29, 1.82) is 0 Å². The Labute approximate surface area is 146 Å². The summed E-state index contributed by atoms with van der Waals surface area (Å²) in [6.45, 7) is 3.24. The van der Waals surface area contributed by atoms with Crippen molar-refractivity contribution >= 4 is 17.1 Å². The van der Waals surface area contributed by atoms with Gasteiger partial charge in [0.25, 0.3) is 0 Å². The van der Waals surface area contributed by atoms with Crippen molar-refractivity contribution in [2.24, 2.45) is 0 Å². The fourth-order valence-electron chi connectivity index (χ4n) is 3.61. The molecule has 0 spiro atoms. The van der Waals surface area contributed by atoms with Gasteiger partial charge in [-0.25, -0.2) is 9.78 Å². The number of para-hydroxylation sites is 2. The van der Waals surface area contributed by atoms with Gasteiger partial charge in [0, 0.05) is 25.1 Å². The lowest BCUT2D eigenvalue weighted by Crippen LogP contribution is -2.40. The van der Waals surface area contributed by atoms with E-state index in [9.17, 15) is 4.79 Å². The van der Waals surface area contributed by atoms with Gasteiger partial charge in [-0.3, -0.25) is 0 Å². The Hall–Kier alpha value is -2.76. The molecule has 25 heavy (non-hydrogen) atoms. The smallest absolute Gasteiger partial charge is 0.315 e. The molecule has 0 radical (unpaired) electrons. The van der Waals surface area contributed by atoms with Crippen LogP contribution in [0.2, 0.25) is 0 Å². The first-order chi connectivity index (χ1) is 12.2. The number of hydrogen-bond donors (Lipinski definition) is 2. The van der Waals surface area contributed by atoms with Gasteiger partial charge in [0.15, 0.2) is 0 Å². The summed E-state index contributed by atoms with van der Waals surface area (Å²) >= 11 is 0. The average Bonchev–Trinajstić information content (AvgIpc) is 3.20. The number of imidazole rings is 1. The quantitative estimate of drug-likeness (QED) is 0.766. The first-order valence-corrected chi connectivity index (χ1v) is 8.75. The van der Waals surface area contributed by atoms with Crippen LogP contribution in [-0.4, -0.2) is 22.1 Å². The number of carbonyl (C=O) groups is 1. The van der Waals surface area contributed by atoms with Crippen molar-refractivity contribution in [2.75, 3.05) is 6.54 Å². The van der Waals surface area contributed by atoms with Crippen LogP contribution in [0, 0.1) is 6.92 Å². The highest BCUT2D eigenvalue weighted by Crippen LogP contribution is 2.30. The molecular formula is C19H22N4O2. The van der Waals surface area contributed by atoms with Crippen LogP contribution in [0.15, 0.2) is 41.0 Å². The minimum atomic E-state index is -0.138. The van der Waals surface area contributed by atoms with Crippen molar-refractivity contribution in [3.63, 3.8) is 0 Å². The van der Waals surface area contributed by atoms with Crippen molar-refractivity contribution < 1.29 is 9.21 Å². The van der Waals surface area contributed by atoms with Crippen LogP contribution in [0.1, 0.15) is 36.0 Å². The number of carbonyl (C=O) groups excluding carboxylic acids is 1. The Kier molecular flexibility index (Phi) is 4.17. The number of aromatic nitrogens is 2. The molecule has 0 saturated carbocycles. The maximum Gasteiger partial charge on any atom is 0.315 e. The molecule has 2 aromatic heterocycles. The Morgan fingerprint density at radius 3 is 3.16 bits per heavy atom. The van der Waals surface area contributed by atoms with E-state index in [1.807, 2.05) is 31.2 Å². The number of hydrogen-bond acceptors (Lipinski definition) is 3. The highest BCUT2D eigenvalue weighted by molar-refractivity contribution is 5.76. The van der Waals surface area contributed by atoms with Crippen LogP contribution in [0.5, 0.6) is 0 Å². The highest BCUT2D eigenvalue weighted by Gasteiger charge is 2.23. The van der Waals surface area contributed by atoms with E-state index in [-0.39, 0.29) is 12.1 Å². The molecule has 6 nitrogen and oxygen atoms in total. The third-order valence-electron chi connectivity index (χ3n) is 4.82. The number of nitrogens with zero attached hydrogens (tertiary/aromatic N) is 2. The van der Waals surface area contributed by atoms with E-state index in [4.69, 9.17) is 4.42 Å². The topological polar surface area (TPSA) is 72.1 Å². The minimum absolute atomic E-state index is 0.0401. The Morgan fingerprint density at radius 1 is 1.36 bits per heavy atom. The Balaban J connectivity index is 1.35. The zero-order valence-electron chi connectivity index (χ0n) is 14.3. The third-order valence-corrected chi connectivity index (χ3v) is 4.82. The van der Waals surface area contributed by atoms with Gasteiger partial charge in [0.1, 0.15) is 11.6 Å². The van der Waals surface area contributed by atoms with Crippen LogP contribution in [0.3, 0.4) is 0 Å². The van der Waals surface area contributed by atoms with Crippen LogP contribution in [-0.2, 0) is 13.0 Å². The molecule has 4 rings (SSSR count). The summed E-state index contributed by atoms with van der Waals surface area (Å²) in [6.07, 6.45) is 4.64. The van der Waals surface area contributed by atoms with Crippen molar-refractivity contribution in [3.8, 4) is 0 Å².